The number of benzene rings is 2. The third-order valence-corrected chi connectivity index (χ3v) is 3.68. The molecule has 0 aromatic heterocycles. The van der Waals surface area contributed by atoms with Gasteiger partial charge in [0.1, 0.15) is 0 Å². The van der Waals surface area contributed by atoms with Crippen LogP contribution in [0.5, 0.6) is 0 Å². The molecule has 0 spiro atoms. The molecule has 130 valence electrons. The van der Waals surface area contributed by atoms with E-state index in [1.54, 1.807) is 24.3 Å². The van der Waals surface area contributed by atoms with Crippen LogP contribution in [0.3, 0.4) is 0 Å². The molecule has 2 rings (SSSR count). The van der Waals surface area contributed by atoms with Crippen LogP contribution >= 0.6 is 12.2 Å². The normalized spacial score (nSPS) is 9.96. The first-order chi connectivity index (χ1) is 12.1. The average molecular weight is 355 g/mol. The Balaban J connectivity index is 1.79. The summed E-state index contributed by atoms with van der Waals surface area (Å²) in [6, 6.07) is 16.7. The molecule has 0 atom stereocenters. The Morgan fingerprint density at radius 1 is 1.00 bits per heavy atom. The molecule has 5 nitrogen and oxygen atoms in total. The van der Waals surface area contributed by atoms with E-state index in [4.69, 9.17) is 12.2 Å². The van der Waals surface area contributed by atoms with Crippen molar-refractivity contribution in [2.45, 2.75) is 19.8 Å². The van der Waals surface area contributed by atoms with Crippen LogP contribution in [0.1, 0.15) is 29.3 Å². The fraction of sp³-hybridized carbons (Fsp3) is 0.211. The standard InChI is InChI=1S/C19H21N3O2S/c1-2-20-18(24)15-9-11-16(12-10-15)21-19(25)22-17(23)13-8-14-6-4-3-5-7-14/h3-7,9-12H,2,8,13H2,1H3,(H,20,24)(H2,21,22,23,25). The Morgan fingerprint density at radius 3 is 2.32 bits per heavy atom. The summed E-state index contributed by atoms with van der Waals surface area (Å²) < 4.78 is 0. The zero-order valence-corrected chi connectivity index (χ0v) is 14.9. The van der Waals surface area contributed by atoms with Crippen LogP contribution < -0.4 is 16.0 Å². The molecular weight excluding hydrogens is 334 g/mol. The second-order valence-corrected chi connectivity index (χ2v) is 5.83. The second kappa shape index (κ2) is 9.54. The van der Waals surface area contributed by atoms with Gasteiger partial charge in [-0.1, -0.05) is 30.3 Å². The van der Waals surface area contributed by atoms with E-state index in [1.807, 2.05) is 37.3 Å². The number of thiocarbonyl (C=S) groups is 1. The molecule has 0 bridgehead atoms. The van der Waals surface area contributed by atoms with E-state index in [-0.39, 0.29) is 16.9 Å². The van der Waals surface area contributed by atoms with E-state index in [0.717, 1.165) is 5.56 Å². The largest absolute Gasteiger partial charge is 0.352 e. The van der Waals surface area contributed by atoms with Crippen molar-refractivity contribution in [1.29, 1.82) is 0 Å². The molecule has 0 fully saturated rings. The molecule has 25 heavy (non-hydrogen) atoms. The Kier molecular flexibility index (Phi) is 7.10. The van der Waals surface area contributed by atoms with Crippen molar-refractivity contribution in [3.8, 4) is 0 Å². The maximum Gasteiger partial charge on any atom is 0.251 e. The highest BCUT2D eigenvalue weighted by Crippen LogP contribution is 2.09. The summed E-state index contributed by atoms with van der Waals surface area (Å²) in [4.78, 5) is 23.6. The molecule has 2 amide bonds. The summed E-state index contributed by atoms with van der Waals surface area (Å²) in [7, 11) is 0. The summed E-state index contributed by atoms with van der Waals surface area (Å²) >= 11 is 5.15. The number of carbonyl (C=O) groups is 2. The third kappa shape index (κ3) is 6.35. The SMILES string of the molecule is CCNC(=O)c1ccc(NC(=S)NC(=O)CCc2ccccc2)cc1. The fourth-order valence-electron chi connectivity index (χ4n) is 2.22. The molecule has 0 saturated carbocycles. The van der Waals surface area contributed by atoms with E-state index in [2.05, 4.69) is 16.0 Å². The summed E-state index contributed by atoms with van der Waals surface area (Å²) in [6.45, 7) is 2.45. The molecule has 0 radical (unpaired) electrons. The van der Waals surface area contributed by atoms with E-state index >= 15 is 0 Å². The van der Waals surface area contributed by atoms with Crippen molar-refractivity contribution in [2.24, 2.45) is 0 Å². The predicted molar refractivity (Wildman–Crippen MR) is 104 cm³/mol. The lowest BCUT2D eigenvalue weighted by Crippen LogP contribution is -2.34. The second-order valence-electron chi connectivity index (χ2n) is 5.42. The molecule has 0 heterocycles. The Bertz CT molecular complexity index is 730. The number of anilines is 1. The summed E-state index contributed by atoms with van der Waals surface area (Å²) in [6.07, 6.45) is 1.03. The fourth-order valence-corrected chi connectivity index (χ4v) is 2.45. The number of rotatable bonds is 6. The average Bonchev–Trinajstić information content (AvgIpc) is 2.61. The highest BCUT2D eigenvalue weighted by atomic mass is 32.1. The first kappa shape index (κ1) is 18.6. The zero-order valence-electron chi connectivity index (χ0n) is 14.0. The summed E-state index contributed by atoms with van der Waals surface area (Å²) in [5.74, 6) is -0.258. The Labute approximate surface area is 152 Å². The number of carbonyl (C=O) groups excluding carboxylic acids is 2. The molecule has 0 aliphatic carbocycles. The van der Waals surface area contributed by atoms with Gasteiger partial charge in [-0.05, 0) is 55.4 Å². The maximum absolute atomic E-state index is 11.9. The van der Waals surface area contributed by atoms with Gasteiger partial charge >= 0.3 is 0 Å². The van der Waals surface area contributed by atoms with Gasteiger partial charge in [-0.15, -0.1) is 0 Å². The van der Waals surface area contributed by atoms with Crippen LogP contribution in [-0.2, 0) is 11.2 Å². The Morgan fingerprint density at radius 2 is 1.68 bits per heavy atom. The summed E-state index contributed by atoms with van der Waals surface area (Å²) in [5.41, 5.74) is 2.39. The molecule has 2 aromatic carbocycles. The van der Waals surface area contributed by atoms with E-state index < -0.39 is 0 Å². The van der Waals surface area contributed by atoms with Crippen LogP contribution in [0, 0.1) is 0 Å². The quantitative estimate of drug-likeness (QED) is 0.697. The van der Waals surface area contributed by atoms with E-state index in [1.165, 1.54) is 0 Å². The number of amides is 2. The smallest absolute Gasteiger partial charge is 0.251 e. The molecule has 0 aliphatic rings. The lowest BCUT2D eigenvalue weighted by Gasteiger charge is -2.10. The molecular formula is C19H21N3O2S. The summed E-state index contributed by atoms with van der Waals surface area (Å²) in [5, 5.41) is 8.57. The van der Waals surface area contributed by atoms with Gasteiger partial charge in [0.15, 0.2) is 5.11 Å². The van der Waals surface area contributed by atoms with Crippen molar-refractivity contribution in [3.63, 3.8) is 0 Å². The van der Waals surface area contributed by atoms with E-state index in [0.29, 0.717) is 30.6 Å². The highest BCUT2D eigenvalue weighted by Gasteiger charge is 2.07. The third-order valence-electron chi connectivity index (χ3n) is 3.48. The zero-order chi connectivity index (χ0) is 18.1. The lowest BCUT2D eigenvalue weighted by atomic mass is 10.1. The van der Waals surface area contributed by atoms with Gasteiger partial charge in [0.2, 0.25) is 5.91 Å². The van der Waals surface area contributed by atoms with Crippen LogP contribution in [0.2, 0.25) is 0 Å². The van der Waals surface area contributed by atoms with Crippen LogP contribution in [0.15, 0.2) is 54.6 Å². The van der Waals surface area contributed by atoms with Gasteiger partial charge in [-0.2, -0.15) is 0 Å². The minimum absolute atomic E-state index is 0.120. The van der Waals surface area contributed by atoms with Crippen molar-refractivity contribution in [1.82, 2.24) is 10.6 Å². The minimum Gasteiger partial charge on any atom is -0.352 e. The molecule has 0 unspecified atom stereocenters. The molecule has 2 aromatic rings. The molecule has 6 heteroatoms. The maximum atomic E-state index is 11.9. The number of nitrogens with one attached hydrogen (secondary N) is 3. The van der Waals surface area contributed by atoms with Crippen molar-refractivity contribution < 1.29 is 9.59 Å². The number of hydrogen-bond acceptors (Lipinski definition) is 3. The molecule has 0 aliphatic heterocycles. The van der Waals surface area contributed by atoms with Crippen LogP contribution in [0.25, 0.3) is 0 Å². The predicted octanol–water partition coefficient (Wildman–Crippen LogP) is 2.88. The number of aryl methyl sites for hydroxylation is 1. The molecule has 0 saturated heterocycles. The van der Waals surface area contributed by atoms with Gasteiger partial charge in [0, 0.05) is 24.2 Å². The van der Waals surface area contributed by atoms with Crippen molar-refractivity contribution in [3.05, 3.63) is 65.7 Å². The first-order valence-electron chi connectivity index (χ1n) is 8.11. The van der Waals surface area contributed by atoms with Gasteiger partial charge in [0.25, 0.3) is 5.91 Å². The first-order valence-corrected chi connectivity index (χ1v) is 8.52. The van der Waals surface area contributed by atoms with Gasteiger partial charge in [-0.3, -0.25) is 9.59 Å². The monoisotopic (exact) mass is 355 g/mol. The molecule has 3 N–H and O–H groups in total. The van der Waals surface area contributed by atoms with Crippen LogP contribution in [0.4, 0.5) is 5.69 Å². The lowest BCUT2D eigenvalue weighted by molar-refractivity contribution is -0.119. The topological polar surface area (TPSA) is 70.2 Å². The van der Waals surface area contributed by atoms with Gasteiger partial charge in [-0.25, -0.2) is 0 Å². The van der Waals surface area contributed by atoms with Crippen molar-refractivity contribution >= 4 is 34.8 Å². The van der Waals surface area contributed by atoms with E-state index in [9.17, 15) is 9.59 Å². The van der Waals surface area contributed by atoms with Gasteiger partial charge < -0.3 is 16.0 Å². The van der Waals surface area contributed by atoms with Crippen molar-refractivity contribution in [2.75, 3.05) is 11.9 Å². The van der Waals surface area contributed by atoms with Crippen LogP contribution in [-0.4, -0.2) is 23.5 Å². The Hall–Kier alpha value is -2.73. The number of hydrogen-bond donors (Lipinski definition) is 3. The highest BCUT2D eigenvalue weighted by molar-refractivity contribution is 7.80. The van der Waals surface area contributed by atoms with Gasteiger partial charge in [0.05, 0.1) is 0 Å². The minimum atomic E-state index is -0.139.